The van der Waals surface area contributed by atoms with Crippen LogP contribution in [0.2, 0.25) is 0 Å². The van der Waals surface area contributed by atoms with Crippen LogP contribution in [-0.4, -0.2) is 15.8 Å². The van der Waals surface area contributed by atoms with Crippen molar-refractivity contribution in [2.24, 2.45) is 0 Å². The summed E-state index contributed by atoms with van der Waals surface area (Å²) < 4.78 is 128. The van der Waals surface area contributed by atoms with E-state index in [2.05, 4.69) is 349 Å². The van der Waals surface area contributed by atoms with Crippen LogP contribution < -0.4 is 31.1 Å². The number of hydrogen-bond donors (Lipinski definition) is 0. The van der Waals surface area contributed by atoms with Gasteiger partial charge in [0.15, 0.2) is 0 Å². The molecular formula is C116H104BN5. The van der Waals surface area contributed by atoms with E-state index in [1.165, 1.54) is 26.8 Å². The molecule has 18 aromatic rings. The van der Waals surface area contributed by atoms with Crippen molar-refractivity contribution >= 4 is 118 Å². The molecule has 0 N–H and O–H groups in total. The second-order valence-corrected chi connectivity index (χ2v) is 38.1. The fourth-order valence-electron chi connectivity index (χ4n) is 18.3. The van der Waals surface area contributed by atoms with Gasteiger partial charge >= 0.3 is 0 Å². The molecule has 0 atom stereocenters. The van der Waals surface area contributed by atoms with Crippen molar-refractivity contribution in [2.75, 3.05) is 14.7 Å². The molecule has 122 heavy (non-hydrogen) atoms. The van der Waals surface area contributed by atoms with Crippen molar-refractivity contribution in [3.05, 3.63) is 385 Å². The minimum Gasteiger partial charge on any atom is -0.311 e. The molecule has 6 heteroatoms. The van der Waals surface area contributed by atoms with Crippen molar-refractivity contribution in [1.82, 2.24) is 9.13 Å². The van der Waals surface area contributed by atoms with E-state index in [4.69, 9.17) is 5.48 Å². The Kier molecular flexibility index (Phi) is 15.2. The number of fused-ring (bicyclic) bond motifs is 10. The Morgan fingerprint density at radius 1 is 0.254 bits per heavy atom. The van der Waals surface area contributed by atoms with Crippen LogP contribution in [-0.2, 0) is 27.1 Å². The van der Waals surface area contributed by atoms with Gasteiger partial charge < -0.3 is 23.8 Å². The summed E-state index contributed by atoms with van der Waals surface area (Å²) in [4.78, 5) is 6.60. The van der Waals surface area contributed by atoms with Crippen molar-refractivity contribution in [1.29, 1.82) is 0 Å². The summed E-state index contributed by atoms with van der Waals surface area (Å²) in [6, 6.07) is 92.6. The van der Waals surface area contributed by atoms with E-state index in [0.717, 1.165) is 128 Å². The van der Waals surface area contributed by atoms with Crippen LogP contribution in [0.25, 0.3) is 111 Å². The zero-order chi connectivity index (χ0) is 95.4. The summed E-state index contributed by atoms with van der Waals surface area (Å²) in [5.74, 6) is 0. The standard InChI is InChI=1S/C116H104BN5/c1-112(2,3)83-50-59-104-98(68-83)99-69-84(113(4,5)6)51-60-105(99)120(104)91-56-58-101-107(72-91)122(111-96(77-39-25-18-26-40-77)70-87(116(13,14)15)71-97(111)78-41-27-19-28-42-78)109-74-93(118(88-43-29-20-30-44-88)89-52-54-90(55-53-89)119-102-47-33-31-45-94(102)95-46-32-34-48-103(95)119)73-108-110(109)117(101)100-57-49-79(82-62-85(114(7,8)9)67-86(63-82)115(10,11)12)66-106(100)121(108)92-64-80(75-35-21-16-22-36-75)61-81(65-92)76-37-23-17-24-38-76/h16-74H,1-15H3/i20D,29D,30D,31D,32D,33D,34D,43D,44D,45D,46D,47D,48D. The maximum atomic E-state index is 10.5. The van der Waals surface area contributed by atoms with Gasteiger partial charge in [-0.25, -0.2) is 0 Å². The number of hydrogen-bond acceptors (Lipinski definition) is 3. The van der Waals surface area contributed by atoms with Gasteiger partial charge in [-0.1, -0.05) is 328 Å². The second-order valence-electron chi connectivity index (χ2n) is 38.1. The number of aromatic nitrogens is 2. The molecule has 0 spiro atoms. The molecular weight excluding hydrogens is 1470 g/mol. The van der Waals surface area contributed by atoms with Crippen molar-refractivity contribution < 1.29 is 17.8 Å². The first-order valence-corrected chi connectivity index (χ1v) is 42.4. The highest BCUT2D eigenvalue weighted by atomic mass is 15.2. The van der Waals surface area contributed by atoms with Crippen LogP contribution in [0.5, 0.6) is 0 Å². The van der Waals surface area contributed by atoms with E-state index in [-0.39, 0.29) is 60.5 Å². The summed E-state index contributed by atoms with van der Waals surface area (Å²) in [5.41, 5.74) is 25.2. The summed E-state index contributed by atoms with van der Waals surface area (Å²) in [6.45, 7) is 33.3. The lowest BCUT2D eigenvalue weighted by molar-refractivity contribution is 0.569. The minimum atomic E-state index is -0.603. The Balaban J connectivity index is 0.991. The lowest BCUT2D eigenvalue weighted by Gasteiger charge is -2.46. The predicted octanol–water partition coefficient (Wildman–Crippen LogP) is 30.3. The third-order valence-corrected chi connectivity index (χ3v) is 24.9. The van der Waals surface area contributed by atoms with Crippen LogP contribution in [0.1, 0.15) is 149 Å². The molecule has 0 unspecified atom stereocenters. The molecule has 0 bridgehead atoms. The Hall–Kier alpha value is -13.4. The molecule has 0 amide bonds. The lowest BCUT2D eigenvalue weighted by Crippen LogP contribution is -2.61. The van der Waals surface area contributed by atoms with E-state index in [0.29, 0.717) is 17.1 Å². The third-order valence-electron chi connectivity index (χ3n) is 24.9. The Bertz CT molecular complexity index is 7640. The molecule has 0 aliphatic carbocycles. The van der Waals surface area contributed by atoms with Gasteiger partial charge in [0, 0.05) is 83.9 Å². The number of rotatable bonds is 12. The number of nitrogens with zero attached hydrogens (tertiary/aromatic N) is 5. The maximum Gasteiger partial charge on any atom is 0.252 e. The molecule has 0 radical (unpaired) electrons. The van der Waals surface area contributed by atoms with Gasteiger partial charge in [-0.3, -0.25) is 0 Å². The van der Waals surface area contributed by atoms with Gasteiger partial charge in [0.2, 0.25) is 0 Å². The first-order chi connectivity index (χ1) is 64.0. The van der Waals surface area contributed by atoms with Gasteiger partial charge in [-0.05, 0) is 249 Å². The maximum absolute atomic E-state index is 10.5. The molecule has 596 valence electrons. The molecule has 5 nitrogen and oxygen atoms in total. The monoisotopic (exact) mass is 1590 g/mol. The van der Waals surface area contributed by atoms with Crippen LogP contribution in [0.4, 0.5) is 51.2 Å². The quantitative estimate of drug-likeness (QED) is 0.114. The molecule has 0 saturated heterocycles. The van der Waals surface area contributed by atoms with Crippen LogP contribution in [0.3, 0.4) is 0 Å². The number of para-hydroxylation sites is 3. The average Bonchev–Trinajstić information content (AvgIpc) is 1.13. The molecule has 2 aliphatic rings. The van der Waals surface area contributed by atoms with Gasteiger partial charge in [-0.2, -0.15) is 0 Å². The molecule has 20 rings (SSSR count). The topological polar surface area (TPSA) is 19.6 Å². The van der Waals surface area contributed by atoms with Crippen molar-refractivity contribution in [3.63, 3.8) is 0 Å². The summed E-state index contributed by atoms with van der Waals surface area (Å²) in [7, 11) is 0. The molecule has 0 saturated carbocycles. The van der Waals surface area contributed by atoms with Crippen LogP contribution >= 0.6 is 0 Å². The third kappa shape index (κ3) is 13.5. The van der Waals surface area contributed by atoms with Gasteiger partial charge in [0.05, 0.1) is 51.3 Å². The Labute approximate surface area is 738 Å². The van der Waals surface area contributed by atoms with E-state index in [1.54, 1.807) is 29.2 Å². The second kappa shape index (κ2) is 29.2. The number of benzene rings is 16. The minimum absolute atomic E-state index is 0.0836. The summed E-state index contributed by atoms with van der Waals surface area (Å²) in [6.07, 6.45) is 0. The zero-order valence-electron chi connectivity index (χ0n) is 84.9. The lowest BCUT2D eigenvalue weighted by atomic mass is 9.33. The highest BCUT2D eigenvalue weighted by molar-refractivity contribution is 7.00. The van der Waals surface area contributed by atoms with Crippen molar-refractivity contribution in [2.45, 2.75) is 131 Å². The summed E-state index contributed by atoms with van der Waals surface area (Å²) in [5, 5.41) is 2.05. The van der Waals surface area contributed by atoms with Crippen LogP contribution in [0, 0.1) is 0 Å². The van der Waals surface area contributed by atoms with Crippen LogP contribution in [0.15, 0.2) is 358 Å². The zero-order valence-corrected chi connectivity index (χ0v) is 71.9. The summed E-state index contributed by atoms with van der Waals surface area (Å²) >= 11 is 0. The first-order valence-electron chi connectivity index (χ1n) is 48.9. The molecule has 2 aliphatic heterocycles. The normalized spacial score (nSPS) is 14.5. The van der Waals surface area contributed by atoms with Gasteiger partial charge in [-0.15, -0.1) is 0 Å². The highest BCUT2D eigenvalue weighted by Crippen LogP contribution is 2.55. The van der Waals surface area contributed by atoms with E-state index >= 15 is 0 Å². The Morgan fingerprint density at radius 2 is 0.672 bits per heavy atom. The van der Waals surface area contributed by atoms with Crippen molar-refractivity contribution in [3.8, 4) is 67.0 Å². The fraction of sp³-hybridized carbons (Fsp3) is 0.172. The molecule has 16 aromatic carbocycles. The first kappa shape index (κ1) is 63.6. The molecule has 4 heterocycles. The Morgan fingerprint density at radius 3 is 1.16 bits per heavy atom. The molecule has 0 fully saturated rings. The largest absolute Gasteiger partial charge is 0.311 e. The van der Waals surface area contributed by atoms with E-state index < -0.39 is 90.7 Å². The van der Waals surface area contributed by atoms with Gasteiger partial charge in [0.25, 0.3) is 6.71 Å². The van der Waals surface area contributed by atoms with E-state index in [9.17, 15) is 12.3 Å². The smallest absolute Gasteiger partial charge is 0.252 e. The average molecular weight is 1590 g/mol. The predicted molar refractivity (Wildman–Crippen MR) is 525 cm³/mol. The highest BCUT2D eigenvalue weighted by Gasteiger charge is 2.46. The fourth-order valence-corrected chi connectivity index (χ4v) is 18.3. The number of anilines is 9. The van der Waals surface area contributed by atoms with Gasteiger partial charge in [0.1, 0.15) is 0 Å². The molecule has 2 aromatic heterocycles. The SMILES string of the molecule is [2H]c1c([2H])c([2H])c(N(c2ccc(-n3c4c([2H])c([2H])c([2H])c([2H])c4c4c([2H])c([2H])c([2H])c([2H])c43)cc2)c2cc3c4c(c2)N(c2c(-c5ccccc5)cc(C(C)(C)C)cc2-c2ccccc2)c2cc(-n5c6ccc(C(C)(C)C)cc6c6cc(C(C)(C)C)ccc65)ccc2B4c2ccc(-c4cc(C(C)(C)C)cc(C(C)(C)C)c4)cc2N3c2cc(-c3ccccc3)cc(-c3ccccc3)c2)c([2H])c1[2H]. The van der Waals surface area contributed by atoms with E-state index in [1.807, 2.05) is 24.3 Å².